The van der Waals surface area contributed by atoms with Gasteiger partial charge in [0, 0.05) is 6.07 Å². The monoisotopic (exact) mass is 183 g/mol. The second-order valence-corrected chi connectivity index (χ2v) is 2.87. The van der Waals surface area contributed by atoms with E-state index in [0.717, 1.165) is 0 Å². The molecule has 62 valence electrons. The summed E-state index contributed by atoms with van der Waals surface area (Å²) in [7, 11) is 0. The fourth-order valence-corrected chi connectivity index (χ4v) is 1.48. The Bertz CT molecular complexity index is 329. The Morgan fingerprint density at radius 3 is 2.92 bits per heavy atom. The smallest absolute Gasteiger partial charge is 0.287 e. The number of carbonyl (C=O) groups is 1. The minimum atomic E-state index is -0.471. The predicted molar refractivity (Wildman–Crippen MR) is 46.1 cm³/mol. The lowest BCUT2D eigenvalue weighted by Gasteiger charge is -1.85. The van der Waals surface area contributed by atoms with Gasteiger partial charge in [-0.3, -0.25) is 14.9 Å². The lowest BCUT2D eigenvalue weighted by atomic mass is 10.4. The summed E-state index contributed by atoms with van der Waals surface area (Å²) in [6.45, 7) is 0. The van der Waals surface area contributed by atoms with E-state index in [1.54, 1.807) is 5.38 Å². The molecule has 0 bridgehead atoms. The molecule has 0 aromatic carbocycles. The van der Waals surface area contributed by atoms with Crippen LogP contribution in [0.15, 0.2) is 17.5 Å². The summed E-state index contributed by atoms with van der Waals surface area (Å²) in [5, 5.41) is 11.9. The third kappa shape index (κ3) is 1.76. The minimum Gasteiger partial charge on any atom is -0.299 e. The molecule has 0 aliphatic carbocycles. The van der Waals surface area contributed by atoms with Crippen LogP contribution in [-0.2, 0) is 4.79 Å². The van der Waals surface area contributed by atoms with Crippen molar-refractivity contribution < 1.29 is 9.72 Å². The molecule has 1 heterocycles. The molecule has 0 radical (unpaired) electrons. The highest BCUT2D eigenvalue weighted by atomic mass is 32.1. The maximum atomic E-state index is 10.3. The highest BCUT2D eigenvalue weighted by Gasteiger charge is 2.11. The zero-order valence-electron chi connectivity index (χ0n) is 5.97. The number of hydrogen-bond donors (Lipinski definition) is 0. The second kappa shape index (κ2) is 3.77. The van der Waals surface area contributed by atoms with Gasteiger partial charge in [-0.25, -0.2) is 0 Å². The second-order valence-electron chi connectivity index (χ2n) is 1.92. The van der Waals surface area contributed by atoms with Crippen molar-refractivity contribution in [3.63, 3.8) is 0 Å². The fourth-order valence-electron chi connectivity index (χ4n) is 0.716. The van der Waals surface area contributed by atoms with Crippen LogP contribution in [0.5, 0.6) is 0 Å². The van der Waals surface area contributed by atoms with Crippen molar-refractivity contribution in [2.75, 3.05) is 0 Å². The van der Waals surface area contributed by atoms with Gasteiger partial charge in [0.1, 0.15) is 11.2 Å². The van der Waals surface area contributed by atoms with E-state index in [2.05, 4.69) is 0 Å². The van der Waals surface area contributed by atoms with Gasteiger partial charge in [-0.2, -0.15) is 0 Å². The first-order valence-corrected chi connectivity index (χ1v) is 3.97. The van der Waals surface area contributed by atoms with Crippen LogP contribution in [-0.4, -0.2) is 11.2 Å². The van der Waals surface area contributed by atoms with Crippen molar-refractivity contribution in [3.8, 4) is 0 Å². The van der Waals surface area contributed by atoms with Crippen LogP contribution in [0.3, 0.4) is 0 Å². The van der Waals surface area contributed by atoms with Gasteiger partial charge in [0.2, 0.25) is 0 Å². The van der Waals surface area contributed by atoms with Gasteiger partial charge >= 0.3 is 0 Å². The standard InChI is InChI=1S/C7H5NO3S/c9-4-1-2-7-6(8(10)11)3-5-12-7/h1-5H. The van der Waals surface area contributed by atoms with Crippen molar-refractivity contribution in [3.05, 3.63) is 32.5 Å². The molecule has 0 saturated heterocycles. The number of nitrogens with zero attached hydrogens (tertiary/aromatic N) is 1. The topological polar surface area (TPSA) is 60.2 Å². The highest BCUT2D eigenvalue weighted by Crippen LogP contribution is 2.25. The fraction of sp³-hybridized carbons (Fsp3) is 0. The SMILES string of the molecule is O=CC=Cc1sccc1[N+](=O)[O-]. The maximum Gasteiger partial charge on any atom is 0.287 e. The van der Waals surface area contributed by atoms with Crippen molar-refractivity contribution in [2.45, 2.75) is 0 Å². The molecule has 0 aliphatic heterocycles. The normalized spacial score (nSPS) is 10.3. The quantitative estimate of drug-likeness (QED) is 0.311. The lowest BCUT2D eigenvalue weighted by molar-refractivity contribution is -0.384. The van der Waals surface area contributed by atoms with E-state index in [-0.39, 0.29) is 5.69 Å². The number of rotatable bonds is 3. The Hall–Kier alpha value is -1.49. The minimum absolute atomic E-state index is 0.0399. The van der Waals surface area contributed by atoms with Crippen molar-refractivity contribution in [2.24, 2.45) is 0 Å². The van der Waals surface area contributed by atoms with Crippen LogP contribution in [0.2, 0.25) is 0 Å². The van der Waals surface area contributed by atoms with Crippen LogP contribution in [0.4, 0.5) is 5.69 Å². The van der Waals surface area contributed by atoms with E-state index in [1.807, 2.05) is 0 Å². The zero-order chi connectivity index (χ0) is 8.97. The number of hydrogen-bond acceptors (Lipinski definition) is 4. The summed E-state index contributed by atoms with van der Waals surface area (Å²) in [5.74, 6) is 0. The lowest BCUT2D eigenvalue weighted by Crippen LogP contribution is -1.85. The Labute approximate surface area is 72.3 Å². The molecular weight excluding hydrogens is 178 g/mol. The van der Waals surface area contributed by atoms with E-state index in [9.17, 15) is 14.9 Å². The average Bonchev–Trinajstić information content (AvgIpc) is 2.48. The Morgan fingerprint density at radius 2 is 2.33 bits per heavy atom. The molecule has 4 nitrogen and oxygen atoms in total. The first-order chi connectivity index (χ1) is 5.75. The largest absolute Gasteiger partial charge is 0.299 e. The Morgan fingerprint density at radius 1 is 1.58 bits per heavy atom. The Kier molecular flexibility index (Phi) is 2.71. The molecule has 0 spiro atoms. The van der Waals surface area contributed by atoms with Crippen molar-refractivity contribution in [1.82, 2.24) is 0 Å². The van der Waals surface area contributed by atoms with E-state index in [0.29, 0.717) is 11.2 Å². The number of carbonyl (C=O) groups excluding carboxylic acids is 1. The van der Waals surface area contributed by atoms with Gasteiger partial charge in [0.15, 0.2) is 0 Å². The van der Waals surface area contributed by atoms with Gasteiger partial charge in [0.25, 0.3) is 5.69 Å². The summed E-state index contributed by atoms with van der Waals surface area (Å²) < 4.78 is 0. The first-order valence-electron chi connectivity index (χ1n) is 3.09. The maximum absolute atomic E-state index is 10.3. The number of aldehydes is 1. The van der Waals surface area contributed by atoms with Crippen LogP contribution in [0, 0.1) is 10.1 Å². The average molecular weight is 183 g/mol. The van der Waals surface area contributed by atoms with E-state index in [4.69, 9.17) is 0 Å². The van der Waals surface area contributed by atoms with Gasteiger partial charge < -0.3 is 0 Å². The number of thiophene rings is 1. The third-order valence-corrected chi connectivity index (χ3v) is 2.07. The molecule has 5 heteroatoms. The van der Waals surface area contributed by atoms with Gasteiger partial charge in [0.05, 0.1) is 4.92 Å². The van der Waals surface area contributed by atoms with Gasteiger partial charge in [-0.1, -0.05) is 0 Å². The van der Waals surface area contributed by atoms with E-state index in [1.165, 1.54) is 29.6 Å². The number of nitro groups is 1. The zero-order valence-corrected chi connectivity index (χ0v) is 6.78. The molecule has 0 unspecified atom stereocenters. The molecule has 0 saturated carbocycles. The summed E-state index contributed by atoms with van der Waals surface area (Å²) >= 11 is 1.23. The highest BCUT2D eigenvalue weighted by molar-refractivity contribution is 7.11. The van der Waals surface area contributed by atoms with E-state index >= 15 is 0 Å². The molecular formula is C7H5NO3S. The molecule has 1 rings (SSSR count). The Balaban J connectivity index is 2.99. The van der Waals surface area contributed by atoms with Gasteiger partial charge in [-0.05, 0) is 17.5 Å². The van der Waals surface area contributed by atoms with Crippen molar-refractivity contribution in [1.29, 1.82) is 0 Å². The van der Waals surface area contributed by atoms with E-state index < -0.39 is 4.92 Å². The molecule has 1 aromatic rings. The molecule has 1 aromatic heterocycles. The van der Waals surface area contributed by atoms with Crippen LogP contribution in [0.1, 0.15) is 4.88 Å². The molecule has 0 N–H and O–H groups in total. The summed E-state index contributed by atoms with van der Waals surface area (Å²) in [6, 6.07) is 1.41. The molecule has 0 fully saturated rings. The molecule has 0 atom stereocenters. The molecule has 0 aliphatic rings. The summed E-state index contributed by atoms with van der Waals surface area (Å²) in [6.07, 6.45) is 3.25. The van der Waals surface area contributed by atoms with Crippen LogP contribution in [0.25, 0.3) is 6.08 Å². The molecule has 0 amide bonds. The molecule has 12 heavy (non-hydrogen) atoms. The van der Waals surface area contributed by atoms with Crippen LogP contribution < -0.4 is 0 Å². The first kappa shape index (κ1) is 8.61. The summed E-state index contributed by atoms with van der Waals surface area (Å²) in [5.41, 5.74) is 0.0399. The predicted octanol–water partition coefficient (Wildman–Crippen LogP) is 1.87. The number of allylic oxidation sites excluding steroid dienone is 1. The third-order valence-electron chi connectivity index (χ3n) is 1.20. The van der Waals surface area contributed by atoms with Gasteiger partial charge in [-0.15, -0.1) is 11.3 Å². The van der Waals surface area contributed by atoms with Crippen molar-refractivity contribution >= 4 is 29.4 Å². The van der Waals surface area contributed by atoms with Crippen LogP contribution >= 0.6 is 11.3 Å². The summed E-state index contributed by atoms with van der Waals surface area (Å²) in [4.78, 5) is 20.3.